The van der Waals surface area contributed by atoms with Crippen molar-refractivity contribution in [3.8, 4) is 11.5 Å². The van der Waals surface area contributed by atoms with E-state index in [4.69, 9.17) is 4.42 Å². The number of aromatic nitrogens is 1. The number of nitrogens with zero attached hydrogens (tertiary/aromatic N) is 1. The molecule has 0 unspecified atom stereocenters. The minimum atomic E-state index is -1.20. The molecule has 0 spiro atoms. The van der Waals surface area contributed by atoms with Crippen LogP contribution >= 0.6 is 0 Å². The van der Waals surface area contributed by atoms with Crippen LogP contribution in [0.15, 0.2) is 40.8 Å². The highest BCUT2D eigenvalue weighted by Gasteiger charge is 2.12. The summed E-state index contributed by atoms with van der Waals surface area (Å²) in [6.07, 6.45) is 6.96. The number of furan rings is 1. The molecule has 136 valence electrons. The molecule has 0 saturated heterocycles. The SMILES string of the molecule is CCCCCCCc1ccc(-c2cc(C(=O)[O-])c3cc(C)ccc3n2)o1. The van der Waals surface area contributed by atoms with E-state index in [1.807, 2.05) is 37.3 Å². The fourth-order valence-corrected chi connectivity index (χ4v) is 3.19. The average Bonchev–Trinajstić information content (AvgIpc) is 3.09. The Kier molecular flexibility index (Phi) is 5.71. The summed E-state index contributed by atoms with van der Waals surface area (Å²) in [5, 5.41) is 12.2. The van der Waals surface area contributed by atoms with Gasteiger partial charge in [0.15, 0.2) is 5.76 Å². The molecule has 0 bridgehead atoms. The highest BCUT2D eigenvalue weighted by Crippen LogP contribution is 2.27. The number of fused-ring (bicyclic) bond motifs is 1. The van der Waals surface area contributed by atoms with Crippen molar-refractivity contribution >= 4 is 16.9 Å². The molecule has 0 aliphatic rings. The van der Waals surface area contributed by atoms with Gasteiger partial charge in [0.25, 0.3) is 0 Å². The molecule has 1 aromatic carbocycles. The maximum absolute atomic E-state index is 11.6. The van der Waals surface area contributed by atoms with Crippen molar-refractivity contribution in [2.24, 2.45) is 0 Å². The predicted octanol–water partition coefficient (Wildman–Crippen LogP) is 4.68. The van der Waals surface area contributed by atoms with Crippen LogP contribution in [-0.2, 0) is 6.42 Å². The molecular weight excluding hydrogens is 326 g/mol. The molecule has 3 rings (SSSR count). The lowest BCUT2D eigenvalue weighted by molar-refractivity contribution is -0.254. The van der Waals surface area contributed by atoms with E-state index in [-0.39, 0.29) is 5.56 Å². The molecule has 4 heteroatoms. The molecule has 0 amide bonds. The van der Waals surface area contributed by atoms with Crippen LogP contribution in [0.4, 0.5) is 0 Å². The second-order valence-corrected chi connectivity index (χ2v) is 6.79. The number of unbranched alkanes of at least 4 members (excludes halogenated alkanes) is 4. The second-order valence-electron chi connectivity index (χ2n) is 6.79. The van der Waals surface area contributed by atoms with Gasteiger partial charge in [-0.1, -0.05) is 44.2 Å². The topological polar surface area (TPSA) is 66.2 Å². The van der Waals surface area contributed by atoms with Gasteiger partial charge in [-0.05, 0) is 43.7 Å². The predicted molar refractivity (Wildman–Crippen MR) is 101 cm³/mol. The quantitative estimate of drug-likeness (QED) is 0.553. The summed E-state index contributed by atoms with van der Waals surface area (Å²) in [5.74, 6) is 0.308. The number of pyridine rings is 1. The van der Waals surface area contributed by atoms with Gasteiger partial charge in [0.05, 0.1) is 11.5 Å². The third kappa shape index (κ3) is 4.13. The van der Waals surface area contributed by atoms with Crippen molar-refractivity contribution in [2.75, 3.05) is 0 Å². The van der Waals surface area contributed by atoms with Gasteiger partial charge in [-0.3, -0.25) is 0 Å². The zero-order valence-corrected chi connectivity index (χ0v) is 15.4. The molecule has 0 saturated carbocycles. The Hall–Kier alpha value is -2.62. The maximum atomic E-state index is 11.6. The van der Waals surface area contributed by atoms with Crippen molar-refractivity contribution in [2.45, 2.75) is 52.4 Å². The lowest BCUT2D eigenvalue weighted by Gasteiger charge is -2.10. The van der Waals surface area contributed by atoms with Crippen molar-refractivity contribution in [1.82, 2.24) is 4.98 Å². The zero-order chi connectivity index (χ0) is 18.5. The van der Waals surface area contributed by atoms with E-state index in [9.17, 15) is 9.90 Å². The van der Waals surface area contributed by atoms with Crippen LogP contribution in [0.3, 0.4) is 0 Å². The first-order valence-electron chi connectivity index (χ1n) is 9.30. The van der Waals surface area contributed by atoms with Crippen LogP contribution in [0.25, 0.3) is 22.4 Å². The number of aromatic carboxylic acids is 1. The Labute approximate surface area is 153 Å². The smallest absolute Gasteiger partial charge is 0.152 e. The van der Waals surface area contributed by atoms with E-state index in [1.165, 1.54) is 25.7 Å². The highest BCUT2D eigenvalue weighted by atomic mass is 16.4. The Balaban J connectivity index is 1.84. The minimum absolute atomic E-state index is 0.145. The molecule has 2 heterocycles. The molecular formula is C22H24NO3-. The molecule has 0 aliphatic heterocycles. The first-order chi connectivity index (χ1) is 12.6. The van der Waals surface area contributed by atoms with E-state index in [0.717, 1.165) is 24.2 Å². The molecule has 2 aromatic heterocycles. The van der Waals surface area contributed by atoms with Crippen molar-refractivity contribution in [1.29, 1.82) is 0 Å². The van der Waals surface area contributed by atoms with Gasteiger partial charge in [-0.25, -0.2) is 4.98 Å². The summed E-state index contributed by atoms with van der Waals surface area (Å²) in [5.41, 5.74) is 2.28. The third-order valence-electron chi connectivity index (χ3n) is 4.62. The lowest BCUT2D eigenvalue weighted by Crippen LogP contribution is -2.22. The summed E-state index contributed by atoms with van der Waals surface area (Å²) >= 11 is 0. The zero-order valence-electron chi connectivity index (χ0n) is 15.4. The fourth-order valence-electron chi connectivity index (χ4n) is 3.19. The molecule has 0 fully saturated rings. The van der Waals surface area contributed by atoms with Crippen molar-refractivity contribution in [3.05, 3.63) is 53.3 Å². The number of carbonyl (C=O) groups is 1. The van der Waals surface area contributed by atoms with Crippen LogP contribution in [-0.4, -0.2) is 11.0 Å². The maximum Gasteiger partial charge on any atom is 0.152 e. The number of hydrogen-bond acceptors (Lipinski definition) is 4. The molecule has 0 atom stereocenters. The standard InChI is InChI=1S/C22H25NO3/c1-3-4-5-6-7-8-16-10-12-21(26-16)20-14-18(22(24)25)17-13-15(2)9-11-19(17)23-20/h9-14H,3-8H2,1-2H3,(H,24,25)/p-1. The normalized spacial score (nSPS) is 11.2. The summed E-state index contributed by atoms with van der Waals surface area (Å²) in [7, 11) is 0. The van der Waals surface area contributed by atoms with Gasteiger partial charge in [0, 0.05) is 17.4 Å². The molecule has 0 aliphatic carbocycles. The van der Waals surface area contributed by atoms with Gasteiger partial charge in [-0.2, -0.15) is 0 Å². The summed E-state index contributed by atoms with van der Waals surface area (Å²) in [6.45, 7) is 4.13. The lowest BCUT2D eigenvalue weighted by atomic mass is 10.0. The number of carboxylic acid groups (broad SMARTS) is 1. The molecule has 26 heavy (non-hydrogen) atoms. The first-order valence-corrected chi connectivity index (χ1v) is 9.30. The first kappa shape index (κ1) is 18.2. The van der Waals surface area contributed by atoms with Gasteiger partial charge in [-0.15, -0.1) is 0 Å². The summed E-state index contributed by atoms with van der Waals surface area (Å²) in [4.78, 5) is 16.2. The van der Waals surface area contributed by atoms with Crippen molar-refractivity contribution in [3.63, 3.8) is 0 Å². The average molecular weight is 350 g/mol. The van der Waals surface area contributed by atoms with Crippen molar-refractivity contribution < 1.29 is 14.3 Å². The van der Waals surface area contributed by atoms with Gasteiger partial charge in [0.2, 0.25) is 0 Å². The Bertz CT molecular complexity index is 911. The minimum Gasteiger partial charge on any atom is -0.545 e. The molecule has 0 radical (unpaired) electrons. The highest BCUT2D eigenvalue weighted by molar-refractivity contribution is 6.02. The van der Waals surface area contributed by atoms with Crippen LogP contribution in [0.2, 0.25) is 0 Å². The number of carbonyl (C=O) groups excluding carboxylic acids is 1. The Morgan fingerprint density at radius 3 is 2.65 bits per heavy atom. The Morgan fingerprint density at radius 2 is 1.88 bits per heavy atom. The van der Waals surface area contributed by atoms with Crippen LogP contribution in [0.5, 0.6) is 0 Å². The van der Waals surface area contributed by atoms with E-state index in [0.29, 0.717) is 22.4 Å². The van der Waals surface area contributed by atoms with Crippen LogP contribution in [0, 0.1) is 6.92 Å². The number of aryl methyl sites for hydroxylation is 2. The molecule has 3 aromatic rings. The number of rotatable bonds is 8. The number of hydrogen-bond donors (Lipinski definition) is 0. The van der Waals surface area contributed by atoms with E-state index in [1.54, 1.807) is 6.07 Å². The number of carboxylic acids is 1. The van der Waals surface area contributed by atoms with E-state index >= 15 is 0 Å². The monoisotopic (exact) mass is 350 g/mol. The fraction of sp³-hybridized carbons (Fsp3) is 0.364. The summed E-state index contributed by atoms with van der Waals surface area (Å²) in [6, 6.07) is 10.9. The van der Waals surface area contributed by atoms with Crippen LogP contribution < -0.4 is 5.11 Å². The van der Waals surface area contributed by atoms with Gasteiger partial charge in [0.1, 0.15) is 11.5 Å². The third-order valence-corrected chi connectivity index (χ3v) is 4.62. The Morgan fingerprint density at radius 1 is 1.08 bits per heavy atom. The van der Waals surface area contributed by atoms with Crippen LogP contribution in [0.1, 0.15) is 60.7 Å². The second kappa shape index (κ2) is 8.17. The van der Waals surface area contributed by atoms with E-state index in [2.05, 4.69) is 11.9 Å². The van der Waals surface area contributed by atoms with E-state index < -0.39 is 5.97 Å². The molecule has 0 N–H and O–H groups in total. The summed E-state index contributed by atoms with van der Waals surface area (Å²) < 4.78 is 5.91. The molecule has 4 nitrogen and oxygen atoms in total. The van der Waals surface area contributed by atoms with Gasteiger partial charge < -0.3 is 14.3 Å². The number of benzene rings is 1. The largest absolute Gasteiger partial charge is 0.545 e. The van der Waals surface area contributed by atoms with Gasteiger partial charge >= 0.3 is 0 Å².